The summed E-state index contributed by atoms with van der Waals surface area (Å²) in [4.78, 5) is 8.76. The fourth-order valence-electron chi connectivity index (χ4n) is 2.18. The predicted molar refractivity (Wildman–Crippen MR) is 80.4 cm³/mol. The van der Waals surface area contributed by atoms with E-state index in [2.05, 4.69) is 27.0 Å². The lowest BCUT2D eigenvalue weighted by atomic mass is 10.2. The van der Waals surface area contributed by atoms with Crippen LogP contribution >= 0.6 is 27.5 Å². The first kappa shape index (κ1) is 12.6. The standard InChI is InChI=1S/C14H11BrClN3/c1-9-6-11(15)8-19-12(7-16)13(18-14(9)19)10-2-4-17-5-3-10/h2-6,8H,7H2,1H3. The molecule has 0 amide bonds. The Kier molecular flexibility index (Phi) is 3.29. The molecule has 0 saturated carbocycles. The number of alkyl halides is 1. The van der Waals surface area contributed by atoms with Gasteiger partial charge in [0.1, 0.15) is 5.65 Å². The number of nitrogens with zero attached hydrogens (tertiary/aromatic N) is 3. The molecule has 0 spiro atoms. The summed E-state index contributed by atoms with van der Waals surface area (Å²) in [7, 11) is 0. The van der Waals surface area contributed by atoms with Gasteiger partial charge in [-0.15, -0.1) is 11.6 Å². The van der Waals surface area contributed by atoms with Gasteiger partial charge in [0, 0.05) is 28.6 Å². The molecular formula is C14H11BrClN3. The van der Waals surface area contributed by atoms with Gasteiger partial charge in [-0.25, -0.2) is 4.98 Å². The molecule has 0 fully saturated rings. The second-order valence-electron chi connectivity index (χ2n) is 4.31. The Morgan fingerprint density at radius 2 is 2.05 bits per heavy atom. The minimum Gasteiger partial charge on any atom is -0.301 e. The molecule has 0 aliphatic rings. The molecule has 3 rings (SSSR count). The molecule has 0 unspecified atom stereocenters. The van der Waals surface area contributed by atoms with Crippen molar-refractivity contribution < 1.29 is 0 Å². The van der Waals surface area contributed by atoms with Crippen molar-refractivity contribution in [3.8, 4) is 11.3 Å². The topological polar surface area (TPSA) is 30.2 Å². The van der Waals surface area contributed by atoms with E-state index in [4.69, 9.17) is 16.6 Å². The molecule has 3 nitrogen and oxygen atoms in total. The van der Waals surface area contributed by atoms with Crippen molar-refractivity contribution in [2.75, 3.05) is 0 Å². The zero-order valence-electron chi connectivity index (χ0n) is 10.3. The monoisotopic (exact) mass is 335 g/mol. The van der Waals surface area contributed by atoms with E-state index in [1.807, 2.05) is 29.7 Å². The zero-order valence-corrected chi connectivity index (χ0v) is 12.6. The molecule has 96 valence electrons. The van der Waals surface area contributed by atoms with Crippen LogP contribution < -0.4 is 0 Å². The number of aryl methyl sites for hydroxylation is 1. The third kappa shape index (κ3) is 2.15. The van der Waals surface area contributed by atoms with Crippen molar-refractivity contribution in [2.45, 2.75) is 12.8 Å². The molecule has 0 aliphatic heterocycles. The second-order valence-corrected chi connectivity index (χ2v) is 5.49. The number of fused-ring (bicyclic) bond motifs is 1. The highest BCUT2D eigenvalue weighted by Crippen LogP contribution is 2.28. The van der Waals surface area contributed by atoms with E-state index in [9.17, 15) is 0 Å². The number of imidazole rings is 1. The first-order valence-corrected chi connectivity index (χ1v) is 7.17. The molecule has 19 heavy (non-hydrogen) atoms. The molecule has 0 aliphatic carbocycles. The largest absolute Gasteiger partial charge is 0.301 e. The summed E-state index contributed by atoms with van der Waals surface area (Å²) in [6.45, 7) is 2.04. The van der Waals surface area contributed by atoms with E-state index in [-0.39, 0.29) is 0 Å². The van der Waals surface area contributed by atoms with Gasteiger partial charge in [-0.1, -0.05) is 0 Å². The third-order valence-electron chi connectivity index (χ3n) is 3.05. The molecule has 0 saturated heterocycles. The molecular weight excluding hydrogens is 326 g/mol. The second kappa shape index (κ2) is 4.94. The average molecular weight is 337 g/mol. The Balaban J connectivity index is 2.35. The molecule has 3 heterocycles. The van der Waals surface area contributed by atoms with Gasteiger partial charge in [0.15, 0.2) is 0 Å². The van der Waals surface area contributed by atoms with Crippen LogP contribution in [0.4, 0.5) is 0 Å². The van der Waals surface area contributed by atoms with Crippen molar-refractivity contribution >= 4 is 33.2 Å². The maximum absolute atomic E-state index is 6.12. The number of halogens is 2. The first-order chi connectivity index (χ1) is 9.20. The van der Waals surface area contributed by atoms with Gasteiger partial charge in [0.05, 0.1) is 17.3 Å². The summed E-state index contributed by atoms with van der Waals surface area (Å²) in [6, 6.07) is 5.95. The van der Waals surface area contributed by atoms with Gasteiger partial charge in [0.2, 0.25) is 0 Å². The molecule has 0 bridgehead atoms. The molecule has 0 aromatic carbocycles. The predicted octanol–water partition coefficient (Wildman–Crippen LogP) is 4.21. The molecule has 3 aromatic rings. The van der Waals surface area contributed by atoms with Crippen LogP contribution in [0.25, 0.3) is 16.9 Å². The Morgan fingerprint density at radius 1 is 1.32 bits per heavy atom. The van der Waals surface area contributed by atoms with Gasteiger partial charge in [-0.3, -0.25) is 4.98 Å². The van der Waals surface area contributed by atoms with Crippen LogP contribution in [-0.4, -0.2) is 14.4 Å². The van der Waals surface area contributed by atoms with Crippen LogP contribution in [0.2, 0.25) is 0 Å². The van der Waals surface area contributed by atoms with E-state index in [1.165, 1.54) is 0 Å². The molecule has 0 radical (unpaired) electrons. The highest BCUT2D eigenvalue weighted by atomic mass is 79.9. The molecule has 5 heteroatoms. The Hall–Kier alpha value is -1.39. The van der Waals surface area contributed by atoms with Crippen molar-refractivity contribution in [1.82, 2.24) is 14.4 Å². The molecule has 0 N–H and O–H groups in total. The number of aromatic nitrogens is 3. The van der Waals surface area contributed by atoms with E-state index < -0.39 is 0 Å². The lowest BCUT2D eigenvalue weighted by Crippen LogP contribution is -1.93. The molecule has 0 atom stereocenters. The van der Waals surface area contributed by atoms with Gasteiger partial charge >= 0.3 is 0 Å². The van der Waals surface area contributed by atoms with E-state index in [0.717, 1.165) is 32.6 Å². The quantitative estimate of drug-likeness (QED) is 0.656. The highest BCUT2D eigenvalue weighted by Gasteiger charge is 2.14. The van der Waals surface area contributed by atoms with Gasteiger partial charge < -0.3 is 4.40 Å². The lowest BCUT2D eigenvalue weighted by Gasteiger charge is -2.03. The maximum Gasteiger partial charge on any atom is 0.140 e. The summed E-state index contributed by atoms with van der Waals surface area (Å²) < 4.78 is 3.06. The molecule has 3 aromatic heterocycles. The third-order valence-corrected chi connectivity index (χ3v) is 3.74. The summed E-state index contributed by atoms with van der Waals surface area (Å²) in [5, 5.41) is 0. The van der Waals surface area contributed by atoms with Crippen LogP contribution in [0.3, 0.4) is 0 Å². The van der Waals surface area contributed by atoms with E-state index in [0.29, 0.717) is 5.88 Å². The first-order valence-electron chi connectivity index (χ1n) is 5.84. The number of hydrogen-bond donors (Lipinski definition) is 0. The van der Waals surface area contributed by atoms with Crippen LogP contribution in [0, 0.1) is 6.92 Å². The summed E-state index contributed by atoms with van der Waals surface area (Å²) >= 11 is 9.63. The number of pyridine rings is 2. The van der Waals surface area contributed by atoms with Gasteiger partial charge in [-0.05, 0) is 46.6 Å². The normalized spacial score (nSPS) is 11.1. The minimum absolute atomic E-state index is 0.411. The minimum atomic E-state index is 0.411. The van der Waals surface area contributed by atoms with Crippen molar-refractivity contribution in [3.63, 3.8) is 0 Å². The fourth-order valence-corrected chi connectivity index (χ4v) is 2.99. The van der Waals surface area contributed by atoms with Gasteiger partial charge in [-0.2, -0.15) is 0 Å². The van der Waals surface area contributed by atoms with E-state index in [1.54, 1.807) is 12.4 Å². The average Bonchev–Trinajstić information content (AvgIpc) is 2.78. The summed E-state index contributed by atoms with van der Waals surface area (Å²) in [5.41, 5.74) is 4.99. The lowest BCUT2D eigenvalue weighted by molar-refractivity contribution is 1.07. The number of hydrogen-bond acceptors (Lipinski definition) is 2. The zero-order chi connectivity index (χ0) is 13.4. The summed E-state index contributed by atoms with van der Waals surface area (Å²) in [5.74, 6) is 0.411. The highest BCUT2D eigenvalue weighted by molar-refractivity contribution is 9.10. The van der Waals surface area contributed by atoms with Gasteiger partial charge in [0.25, 0.3) is 0 Å². The Labute approximate surface area is 124 Å². The Morgan fingerprint density at radius 3 is 2.74 bits per heavy atom. The van der Waals surface area contributed by atoms with Crippen molar-refractivity contribution in [2.24, 2.45) is 0 Å². The smallest absolute Gasteiger partial charge is 0.140 e. The maximum atomic E-state index is 6.12. The van der Waals surface area contributed by atoms with Crippen molar-refractivity contribution in [1.29, 1.82) is 0 Å². The van der Waals surface area contributed by atoms with E-state index >= 15 is 0 Å². The Bertz CT molecular complexity index is 737. The van der Waals surface area contributed by atoms with Crippen LogP contribution in [-0.2, 0) is 5.88 Å². The SMILES string of the molecule is Cc1cc(Br)cn2c(CCl)c(-c3ccncc3)nc12. The van der Waals surface area contributed by atoms with Crippen LogP contribution in [0.15, 0.2) is 41.3 Å². The fraction of sp³-hybridized carbons (Fsp3) is 0.143. The summed E-state index contributed by atoms with van der Waals surface area (Å²) in [6.07, 6.45) is 5.53. The van der Waals surface area contributed by atoms with Crippen LogP contribution in [0.1, 0.15) is 11.3 Å². The van der Waals surface area contributed by atoms with Crippen molar-refractivity contribution in [3.05, 3.63) is 52.5 Å². The van der Waals surface area contributed by atoms with Crippen LogP contribution in [0.5, 0.6) is 0 Å². The number of rotatable bonds is 2.